The Bertz CT molecular complexity index is 345. The smallest absolute Gasteiger partial charge is 0.126 e. The lowest BCUT2D eigenvalue weighted by Gasteiger charge is -2.24. The fourth-order valence-electron chi connectivity index (χ4n) is 1.76. The monoisotopic (exact) mass is 221 g/mol. The van der Waals surface area contributed by atoms with Crippen molar-refractivity contribution < 1.29 is 0 Å². The predicted molar refractivity (Wildman–Crippen MR) is 70.6 cm³/mol. The molecule has 0 saturated carbocycles. The first-order valence-corrected chi connectivity index (χ1v) is 5.90. The van der Waals surface area contributed by atoms with Crippen LogP contribution >= 0.6 is 0 Å². The Morgan fingerprint density at radius 2 is 2.12 bits per heavy atom. The van der Waals surface area contributed by atoms with E-state index in [0.29, 0.717) is 5.41 Å². The van der Waals surface area contributed by atoms with Gasteiger partial charge in [-0.2, -0.15) is 0 Å². The van der Waals surface area contributed by atoms with E-state index in [-0.39, 0.29) is 0 Å². The Morgan fingerprint density at radius 1 is 1.44 bits per heavy atom. The lowest BCUT2D eigenvalue weighted by molar-refractivity contribution is 0.354. The van der Waals surface area contributed by atoms with Crippen LogP contribution in [0, 0.1) is 12.3 Å². The molecule has 0 spiro atoms. The van der Waals surface area contributed by atoms with E-state index in [1.54, 1.807) is 6.20 Å². The summed E-state index contributed by atoms with van der Waals surface area (Å²) in [6.07, 6.45) is 4.14. The molecular weight excluding hydrogens is 198 g/mol. The zero-order valence-corrected chi connectivity index (χ0v) is 10.8. The largest absolute Gasteiger partial charge is 0.397 e. The molecule has 0 aliphatic heterocycles. The summed E-state index contributed by atoms with van der Waals surface area (Å²) in [5, 5.41) is 3.37. The Labute approximate surface area is 98.5 Å². The molecule has 0 radical (unpaired) electrons. The van der Waals surface area contributed by atoms with Crippen molar-refractivity contribution in [2.45, 2.75) is 40.5 Å². The molecule has 0 bridgehead atoms. The second kappa shape index (κ2) is 5.19. The van der Waals surface area contributed by atoms with Gasteiger partial charge in [0.05, 0.1) is 11.9 Å². The Balaban J connectivity index is 2.57. The average Bonchev–Trinajstić information content (AvgIpc) is 2.20. The molecule has 0 atom stereocenters. The second-order valence-corrected chi connectivity index (χ2v) is 5.19. The molecule has 90 valence electrons. The number of nitrogen functional groups attached to an aromatic ring is 1. The maximum absolute atomic E-state index is 5.73. The fourth-order valence-corrected chi connectivity index (χ4v) is 1.76. The maximum Gasteiger partial charge on any atom is 0.126 e. The molecule has 0 unspecified atom stereocenters. The summed E-state index contributed by atoms with van der Waals surface area (Å²) in [5.41, 5.74) is 7.86. The zero-order chi connectivity index (χ0) is 12.2. The van der Waals surface area contributed by atoms with Gasteiger partial charge in [-0.1, -0.05) is 27.2 Å². The van der Waals surface area contributed by atoms with Crippen molar-refractivity contribution in [3.05, 3.63) is 17.8 Å². The molecule has 1 aromatic heterocycles. The molecule has 0 aliphatic carbocycles. The van der Waals surface area contributed by atoms with Gasteiger partial charge in [0.15, 0.2) is 0 Å². The summed E-state index contributed by atoms with van der Waals surface area (Å²) in [5.74, 6) is 0.913. The van der Waals surface area contributed by atoms with Gasteiger partial charge in [0, 0.05) is 6.54 Å². The zero-order valence-electron chi connectivity index (χ0n) is 10.8. The van der Waals surface area contributed by atoms with Crippen LogP contribution in [0.1, 0.15) is 39.2 Å². The van der Waals surface area contributed by atoms with Crippen LogP contribution in [-0.2, 0) is 0 Å². The normalized spacial score (nSPS) is 11.5. The van der Waals surface area contributed by atoms with Crippen LogP contribution in [0.3, 0.4) is 0 Å². The van der Waals surface area contributed by atoms with Crippen molar-refractivity contribution in [2.24, 2.45) is 5.41 Å². The number of aromatic nitrogens is 1. The van der Waals surface area contributed by atoms with Gasteiger partial charge in [-0.05, 0) is 30.4 Å². The van der Waals surface area contributed by atoms with Gasteiger partial charge in [-0.3, -0.25) is 0 Å². The molecule has 0 aliphatic rings. The molecule has 0 aromatic carbocycles. The third-order valence-corrected chi connectivity index (χ3v) is 2.83. The van der Waals surface area contributed by atoms with E-state index in [2.05, 4.69) is 31.1 Å². The summed E-state index contributed by atoms with van der Waals surface area (Å²) in [6.45, 7) is 9.70. The molecule has 0 amide bonds. The summed E-state index contributed by atoms with van der Waals surface area (Å²) in [6, 6.07) is 2.00. The van der Waals surface area contributed by atoms with Crippen LogP contribution in [0.25, 0.3) is 0 Å². The standard InChI is InChI=1S/C13H23N3/c1-5-6-13(3,4)9-16-12-7-10(2)11(14)8-15-12/h7-8H,5-6,9,14H2,1-4H3,(H,15,16). The highest BCUT2D eigenvalue weighted by Gasteiger charge is 2.16. The lowest BCUT2D eigenvalue weighted by Crippen LogP contribution is -2.23. The number of nitrogens with one attached hydrogen (secondary N) is 1. The maximum atomic E-state index is 5.73. The Hall–Kier alpha value is -1.25. The van der Waals surface area contributed by atoms with E-state index in [9.17, 15) is 0 Å². The first kappa shape index (κ1) is 12.8. The van der Waals surface area contributed by atoms with E-state index in [1.165, 1.54) is 12.8 Å². The van der Waals surface area contributed by atoms with Gasteiger partial charge in [0.25, 0.3) is 0 Å². The van der Waals surface area contributed by atoms with Crippen molar-refractivity contribution in [1.82, 2.24) is 4.98 Å². The van der Waals surface area contributed by atoms with E-state index in [1.807, 2.05) is 13.0 Å². The lowest BCUT2D eigenvalue weighted by atomic mass is 9.88. The number of rotatable bonds is 5. The van der Waals surface area contributed by atoms with Gasteiger partial charge >= 0.3 is 0 Å². The SMILES string of the molecule is CCCC(C)(C)CNc1cc(C)c(N)cn1. The van der Waals surface area contributed by atoms with Crippen LogP contribution in [0.5, 0.6) is 0 Å². The summed E-state index contributed by atoms with van der Waals surface area (Å²) >= 11 is 0. The van der Waals surface area contributed by atoms with E-state index in [0.717, 1.165) is 23.6 Å². The highest BCUT2D eigenvalue weighted by atomic mass is 15.0. The molecule has 1 heterocycles. The van der Waals surface area contributed by atoms with Crippen LogP contribution in [0.4, 0.5) is 11.5 Å². The molecular formula is C13H23N3. The van der Waals surface area contributed by atoms with Gasteiger partial charge < -0.3 is 11.1 Å². The summed E-state index contributed by atoms with van der Waals surface area (Å²) < 4.78 is 0. The molecule has 1 aromatic rings. The van der Waals surface area contributed by atoms with Gasteiger partial charge in [-0.15, -0.1) is 0 Å². The van der Waals surface area contributed by atoms with Crippen LogP contribution in [-0.4, -0.2) is 11.5 Å². The van der Waals surface area contributed by atoms with E-state index in [4.69, 9.17) is 5.73 Å². The average molecular weight is 221 g/mol. The fraction of sp³-hybridized carbons (Fsp3) is 0.615. The first-order chi connectivity index (χ1) is 7.44. The number of nitrogens with two attached hydrogens (primary N) is 1. The summed E-state index contributed by atoms with van der Waals surface area (Å²) in [7, 11) is 0. The molecule has 3 N–H and O–H groups in total. The van der Waals surface area contributed by atoms with Crippen molar-refractivity contribution >= 4 is 11.5 Å². The number of anilines is 2. The minimum Gasteiger partial charge on any atom is -0.397 e. The molecule has 16 heavy (non-hydrogen) atoms. The number of aryl methyl sites for hydroxylation is 1. The number of hydrogen-bond acceptors (Lipinski definition) is 3. The summed E-state index contributed by atoms with van der Waals surface area (Å²) in [4.78, 5) is 4.27. The van der Waals surface area contributed by atoms with Crippen LogP contribution < -0.4 is 11.1 Å². The minimum atomic E-state index is 0.311. The highest BCUT2D eigenvalue weighted by Crippen LogP contribution is 2.23. The van der Waals surface area contributed by atoms with Crippen LogP contribution in [0.2, 0.25) is 0 Å². The topological polar surface area (TPSA) is 50.9 Å². The van der Waals surface area contributed by atoms with Gasteiger partial charge in [0.1, 0.15) is 5.82 Å². The molecule has 1 rings (SSSR count). The minimum absolute atomic E-state index is 0.311. The van der Waals surface area contributed by atoms with Crippen molar-refractivity contribution in [2.75, 3.05) is 17.6 Å². The van der Waals surface area contributed by atoms with Crippen molar-refractivity contribution in [3.63, 3.8) is 0 Å². The quantitative estimate of drug-likeness (QED) is 0.802. The van der Waals surface area contributed by atoms with Crippen molar-refractivity contribution in [1.29, 1.82) is 0 Å². The third kappa shape index (κ3) is 3.72. The van der Waals surface area contributed by atoms with Crippen molar-refractivity contribution in [3.8, 4) is 0 Å². The first-order valence-electron chi connectivity index (χ1n) is 5.90. The second-order valence-electron chi connectivity index (χ2n) is 5.19. The Morgan fingerprint density at radius 3 is 2.69 bits per heavy atom. The number of hydrogen-bond donors (Lipinski definition) is 2. The van der Waals surface area contributed by atoms with Gasteiger partial charge in [0.2, 0.25) is 0 Å². The third-order valence-electron chi connectivity index (χ3n) is 2.83. The molecule has 0 fully saturated rings. The van der Waals surface area contributed by atoms with E-state index < -0.39 is 0 Å². The van der Waals surface area contributed by atoms with Crippen LogP contribution in [0.15, 0.2) is 12.3 Å². The Kier molecular flexibility index (Phi) is 4.16. The van der Waals surface area contributed by atoms with E-state index >= 15 is 0 Å². The molecule has 0 saturated heterocycles. The molecule has 3 heteroatoms. The number of nitrogens with zero attached hydrogens (tertiary/aromatic N) is 1. The van der Waals surface area contributed by atoms with Gasteiger partial charge in [-0.25, -0.2) is 4.98 Å². The number of pyridine rings is 1. The highest BCUT2D eigenvalue weighted by molar-refractivity contribution is 5.50. The predicted octanol–water partition coefficient (Wildman–Crippen LogP) is 3.21. The molecule has 3 nitrogen and oxygen atoms in total.